The normalized spacial score (nSPS) is 23.4. The van der Waals surface area contributed by atoms with Gasteiger partial charge < -0.3 is 5.32 Å². The predicted octanol–water partition coefficient (Wildman–Crippen LogP) is 4.08. The third-order valence-electron chi connectivity index (χ3n) is 3.50. The molecule has 17 heavy (non-hydrogen) atoms. The van der Waals surface area contributed by atoms with E-state index >= 15 is 0 Å². The summed E-state index contributed by atoms with van der Waals surface area (Å²) in [5, 5.41) is 3.49. The summed E-state index contributed by atoms with van der Waals surface area (Å²) in [7, 11) is 0. The molecule has 1 fully saturated rings. The molecule has 1 atom stereocenters. The van der Waals surface area contributed by atoms with Crippen LogP contribution in [0.4, 0.5) is 10.1 Å². The number of anilines is 1. The maximum atomic E-state index is 13.3. The molecule has 1 aliphatic rings. The van der Waals surface area contributed by atoms with Gasteiger partial charge in [0.1, 0.15) is 5.82 Å². The van der Waals surface area contributed by atoms with Crippen LogP contribution >= 0.6 is 11.8 Å². The Hall–Kier alpha value is -0.700. The monoisotopic (exact) mass is 253 g/mol. The van der Waals surface area contributed by atoms with Gasteiger partial charge in [0.05, 0.1) is 0 Å². The van der Waals surface area contributed by atoms with Crippen LogP contribution in [-0.2, 0) is 0 Å². The van der Waals surface area contributed by atoms with Crippen LogP contribution in [0.3, 0.4) is 0 Å². The highest BCUT2D eigenvalue weighted by atomic mass is 32.2. The van der Waals surface area contributed by atoms with Crippen LogP contribution in [0.15, 0.2) is 18.2 Å². The Morgan fingerprint density at radius 3 is 2.76 bits per heavy atom. The standard InChI is InChI=1S/C14H20FNS/c1-10-6-11(15)8-12(7-10)16-13-9-17-5-4-14(13,2)3/h6-8,13,16H,4-5,9H2,1-3H3. The molecule has 2 rings (SSSR count). The van der Waals surface area contributed by atoms with E-state index < -0.39 is 0 Å². The van der Waals surface area contributed by atoms with Crippen LogP contribution in [0.1, 0.15) is 25.8 Å². The van der Waals surface area contributed by atoms with Crippen molar-refractivity contribution in [2.45, 2.75) is 33.2 Å². The van der Waals surface area contributed by atoms with E-state index in [0.29, 0.717) is 6.04 Å². The molecule has 1 aliphatic heterocycles. The molecular formula is C14H20FNS. The van der Waals surface area contributed by atoms with E-state index in [0.717, 1.165) is 17.0 Å². The van der Waals surface area contributed by atoms with Gasteiger partial charge in [-0.15, -0.1) is 0 Å². The van der Waals surface area contributed by atoms with Crippen molar-refractivity contribution in [2.75, 3.05) is 16.8 Å². The zero-order valence-corrected chi connectivity index (χ0v) is 11.5. The largest absolute Gasteiger partial charge is 0.381 e. The fraction of sp³-hybridized carbons (Fsp3) is 0.571. The van der Waals surface area contributed by atoms with E-state index in [1.807, 2.05) is 24.8 Å². The first-order valence-corrected chi connectivity index (χ1v) is 7.24. The number of hydrogen-bond donors (Lipinski definition) is 1. The van der Waals surface area contributed by atoms with E-state index in [2.05, 4.69) is 19.2 Å². The minimum absolute atomic E-state index is 0.159. The quantitative estimate of drug-likeness (QED) is 0.852. The number of rotatable bonds is 2. The molecule has 0 aliphatic carbocycles. The SMILES string of the molecule is Cc1cc(F)cc(NC2CSCCC2(C)C)c1. The smallest absolute Gasteiger partial charge is 0.125 e. The Morgan fingerprint density at radius 1 is 1.35 bits per heavy atom. The molecule has 1 unspecified atom stereocenters. The van der Waals surface area contributed by atoms with Crippen molar-refractivity contribution in [3.63, 3.8) is 0 Å². The molecular weight excluding hydrogens is 233 g/mol. The first-order valence-electron chi connectivity index (χ1n) is 6.09. The molecule has 0 saturated carbocycles. The number of hydrogen-bond acceptors (Lipinski definition) is 2. The van der Waals surface area contributed by atoms with Crippen LogP contribution in [0.2, 0.25) is 0 Å². The van der Waals surface area contributed by atoms with Gasteiger partial charge in [0.25, 0.3) is 0 Å². The van der Waals surface area contributed by atoms with E-state index in [1.54, 1.807) is 12.1 Å². The van der Waals surface area contributed by atoms with Crippen molar-refractivity contribution in [1.82, 2.24) is 0 Å². The van der Waals surface area contributed by atoms with Crippen molar-refractivity contribution >= 4 is 17.4 Å². The second kappa shape index (κ2) is 4.89. The number of thioether (sulfide) groups is 1. The van der Waals surface area contributed by atoms with Crippen LogP contribution in [0, 0.1) is 18.2 Å². The second-order valence-corrected chi connectivity index (χ2v) is 6.68. The van der Waals surface area contributed by atoms with Gasteiger partial charge in [0, 0.05) is 17.5 Å². The van der Waals surface area contributed by atoms with Gasteiger partial charge in [-0.25, -0.2) is 4.39 Å². The number of aryl methyl sites for hydroxylation is 1. The summed E-state index contributed by atoms with van der Waals surface area (Å²) in [5.74, 6) is 2.17. The molecule has 94 valence electrons. The van der Waals surface area contributed by atoms with Crippen molar-refractivity contribution in [3.8, 4) is 0 Å². The molecule has 1 N–H and O–H groups in total. The second-order valence-electron chi connectivity index (χ2n) is 5.53. The first-order chi connectivity index (χ1) is 7.97. The summed E-state index contributed by atoms with van der Waals surface area (Å²) in [6.45, 7) is 6.50. The number of benzene rings is 1. The van der Waals surface area contributed by atoms with Crippen molar-refractivity contribution in [3.05, 3.63) is 29.6 Å². The van der Waals surface area contributed by atoms with E-state index in [-0.39, 0.29) is 11.2 Å². The summed E-state index contributed by atoms with van der Waals surface area (Å²) < 4.78 is 13.3. The van der Waals surface area contributed by atoms with Crippen molar-refractivity contribution in [1.29, 1.82) is 0 Å². The average molecular weight is 253 g/mol. The summed E-state index contributed by atoms with van der Waals surface area (Å²) in [6, 6.07) is 5.58. The minimum atomic E-state index is -0.159. The lowest BCUT2D eigenvalue weighted by Gasteiger charge is -2.39. The van der Waals surface area contributed by atoms with Crippen LogP contribution < -0.4 is 5.32 Å². The lowest BCUT2D eigenvalue weighted by atomic mass is 9.82. The third kappa shape index (κ3) is 3.15. The Kier molecular flexibility index (Phi) is 3.67. The first kappa shape index (κ1) is 12.7. The number of nitrogens with one attached hydrogen (secondary N) is 1. The molecule has 0 radical (unpaired) electrons. The molecule has 0 bridgehead atoms. The lowest BCUT2D eigenvalue weighted by Crippen LogP contribution is -2.41. The molecule has 1 saturated heterocycles. The van der Waals surface area contributed by atoms with Gasteiger partial charge in [0.15, 0.2) is 0 Å². The summed E-state index contributed by atoms with van der Waals surface area (Å²) >= 11 is 1.98. The van der Waals surface area contributed by atoms with Gasteiger partial charge in [-0.2, -0.15) is 11.8 Å². The third-order valence-corrected chi connectivity index (χ3v) is 4.56. The summed E-state index contributed by atoms with van der Waals surface area (Å²) in [4.78, 5) is 0. The minimum Gasteiger partial charge on any atom is -0.381 e. The van der Waals surface area contributed by atoms with Gasteiger partial charge in [-0.3, -0.25) is 0 Å². The highest BCUT2D eigenvalue weighted by Gasteiger charge is 2.32. The van der Waals surface area contributed by atoms with E-state index in [1.165, 1.54) is 12.2 Å². The molecule has 1 heterocycles. The van der Waals surface area contributed by atoms with Crippen LogP contribution in [0.5, 0.6) is 0 Å². The van der Waals surface area contributed by atoms with Crippen LogP contribution in [-0.4, -0.2) is 17.5 Å². The van der Waals surface area contributed by atoms with Crippen LogP contribution in [0.25, 0.3) is 0 Å². The average Bonchev–Trinajstić information content (AvgIpc) is 2.19. The topological polar surface area (TPSA) is 12.0 Å². The molecule has 1 nitrogen and oxygen atoms in total. The predicted molar refractivity (Wildman–Crippen MR) is 74.3 cm³/mol. The Bertz CT molecular complexity index is 383. The van der Waals surface area contributed by atoms with Gasteiger partial charge in [0.2, 0.25) is 0 Å². The maximum absolute atomic E-state index is 13.3. The highest BCUT2D eigenvalue weighted by molar-refractivity contribution is 7.99. The molecule has 0 amide bonds. The summed E-state index contributed by atoms with van der Waals surface area (Å²) in [5.41, 5.74) is 2.16. The molecule has 0 aromatic heterocycles. The highest BCUT2D eigenvalue weighted by Crippen LogP contribution is 2.36. The van der Waals surface area contributed by atoms with E-state index in [4.69, 9.17) is 0 Å². The van der Waals surface area contributed by atoms with Crippen molar-refractivity contribution in [2.24, 2.45) is 5.41 Å². The van der Waals surface area contributed by atoms with Gasteiger partial charge in [-0.1, -0.05) is 13.8 Å². The number of halogens is 1. The van der Waals surface area contributed by atoms with Gasteiger partial charge in [-0.05, 0) is 48.3 Å². The Balaban J connectivity index is 2.14. The molecule has 0 spiro atoms. The molecule has 3 heteroatoms. The zero-order valence-electron chi connectivity index (χ0n) is 10.7. The summed E-state index contributed by atoms with van der Waals surface area (Å²) in [6.07, 6.45) is 1.21. The zero-order chi connectivity index (χ0) is 12.5. The van der Waals surface area contributed by atoms with Crippen molar-refractivity contribution < 1.29 is 4.39 Å². The fourth-order valence-electron chi connectivity index (χ4n) is 2.19. The fourth-order valence-corrected chi connectivity index (χ4v) is 3.80. The lowest BCUT2D eigenvalue weighted by molar-refractivity contribution is 0.305. The molecule has 1 aromatic carbocycles. The van der Waals surface area contributed by atoms with Gasteiger partial charge >= 0.3 is 0 Å². The molecule has 1 aromatic rings. The Labute approximate surface area is 107 Å². The Morgan fingerprint density at radius 2 is 2.12 bits per heavy atom. The van der Waals surface area contributed by atoms with E-state index in [9.17, 15) is 4.39 Å². The maximum Gasteiger partial charge on any atom is 0.125 e.